The number of rotatable bonds is 7. The van der Waals surface area contributed by atoms with Crippen LogP contribution in [0.2, 0.25) is 0 Å². The van der Waals surface area contributed by atoms with E-state index in [-0.39, 0.29) is 0 Å². The Morgan fingerprint density at radius 1 is 1.25 bits per heavy atom. The second-order valence-corrected chi connectivity index (χ2v) is 5.46. The Hall–Kier alpha value is -1.68. The topological polar surface area (TPSA) is 42.7 Å². The Bertz CT molecular complexity index is 504. The zero-order valence-electron chi connectivity index (χ0n) is 12.6. The van der Waals surface area contributed by atoms with E-state index in [0.29, 0.717) is 12.0 Å². The molecule has 2 aromatic heterocycles. The lowest BCUT2D eigenvalue weighted by atomic mass is 9.98. The standard InChI is InChI=1S/C16H24N4/c1-4-7-19-16(13(2)3)14-6-10-20(11-14)12-15-17-8-5-9-18-15/h5-6,8-11,13,16,19H,4,7,12H2,1-3H3. The fourth-order valence-electron chi connectivity index (χ4n) is 2.35. The van der Waals surface area contributed by atoms with Crippen LogP contribution in [0.25, 0.3) is 0 Å². The Kier molecular flexibility index (Phi) is 5.30. The van der Waals surface area contributed by atoms with Gasteiger partial charge in [-0.25, -0.2) is 9.97 Å². The molecule has 2 heterocycles. The van der Waals surface area contributed by atoms with Gasteiger partial charge in [0, 0.05) is 30.8 Å². The van der Waals surface area contributed by atoms with Crippen LogP contribution in [0.1, 0.15) is 44.6 Å². The molecule has 108 valence electrons. The number of hydrogen-bond acceptors (Lipinski definition) is 3. The van der Waals surface area contributed by atoms with Crippen molar-refractivity contribution in [2.45, 2.75) is 39.8 Å². The van der Waals surface area contributed by atoms with E-state index < -0.39 is 0 Å². The zero-order chi connectivity index (χ0) is 14.4. The molecule has 0 saturated heterocycles. The Labute approximate surface area is 121 Å². The Balaban J connectivity index is 2.06. The molecule has 0 amide bonds. The molecule has 0 bridgehead atoms. The highest BCUT2D eigenvalue weighted by molar-refractivity contribution is 5.16. The molecule has 1 N–H and O–H groups in total. The fraction of sp³-hybridized carbons (Fsp3) is 0.500. The summed E-state index contributed by atoms with van der Waals surface area (Å²) in [5.74, 6) is 1.42. The van der Waals surface area contributed by atoms with Crippen LogP contribution in [0.3, 0.4) is 0 Å². The molecule has 1 unspecified atom stereocenters. The number of aromatic nitrogens is 3. The summed E-state index contributed by atoms with van der Waals surface area (Å²) in [7, 11) is 0. The molecule has 4 nitrogen and oxygen atoms in total. The zero-order valence-corrected chi connectivity index (χ0v) is 12.6. The molecule has 2 aromatic rings. The summed E-state index contributed by atoms with van der Waals surface area (Å²) in [5.41, 5.74) is 1.34. The Morgan fingerprint density at radius 3 is 2.65 bits per heavy atom. The predicted octanol–water partition coefficient (Wildman–Crippen LogP) is 3.02. The van der Waals surface area contributed by atoms with Gasteiger partial charge in [-0.3, -0.25) is 0 Å². The summed E-state index contributed by atoms with van der Waals surface area (Å²) < 4.78 is 2.15. The number of nitrogens with one attached hydrogen (secondary N) is 1. The minimum Gasteiger partial charge on any atom is -0.346 e. The fourth-order valence-corrected chi connectivity index (χ4v) is 2.35. The summed E-state index contributed by atoms with van der Waals surface area (Å²) in [6, 6.07) is 4.44. The van der Waals surface area contributed by atoms with Gasteiger partial charge in [-0.1, -0.05) is 20.8 Å². The van der Waals surface area contributed by atoms with Gasteiger partial charge in [0.05, 0.1) is 6.54 Å². The highest BCUT2D eigenvalue weighted by atomic mass is 15.0. The van der Waals surface area contributed by atoms with E-state index in [1.54, 1.807) is 12.4 Å². The van der Waals surface area contributed by atoms with E-state index >= 15 is 0 Å². The molecular weight excluding hydrogens is 248 g/mol. The molecule has 0 aromatic carbocycles. The molecule has 0 radical (unpaired) electrons. The van der Waals surface area contributed by atoms with E-state index in [4.69, 9.17) is 0 Å². The van der Waals surface area contributed by atoms with Crippen molar-refractivity contribution in [2.75, 3.05) is 6.54 Å². The van der Waals surface area contributed by atoms with Crippen LogP contribution < -0.4 is 5.32 Å². The second-order valence-electron chi connectivity index (χ2n) is 5.46. The van der Waals surface area contributed by atoms with Gasteiger partial charge in [-0.15, -0.1) is 0 Å². The van der Waals surface area contributed by atoms with Crippen molar-refractivity contribution < 1.29 is 0 Å². The van der Waals surface area contributed by atoms with Crippen LogP contribution >= 0.6 is 0 Å². The van der Waals surface area contributed by atoms with Crippen molar-refractivity contribution in [3.63, 3.8) is 0 Å². The maximum atomic E-state index is 4.27. The van der Waals surface area contributed by atoms with E-state index in [0.717, 1.165) is 25.3 Å². The second kappa shape index (κ2) is 7.20. The third kappa shape index (κ3) is 3.90. The minimum absolute atomic E-state index is 0.410. The van der Waals surface area contributed by atoms with E-state index in [1.165, 1.54) is 5.56 Å². The third-order valence-electron chi connectivity index (χ3n) is 3.36. The number of nitrogens with zero attached hydrogens (tertiary/aromatic N) is 3. The maximum Gasteiger partial charge on any atom is 0.147 e. The summed E-state index contributed by atoms with van der Waals surface area (Å²) >= 11 is 0. The van der Waals surface area contributed by atoms with Crippen molar-refractivity contribution >= 4 is 0 Å². The lowest BCUT2D eigenvalue weighted by molar-refractivity contribution is 0.412. The largest absolute Gasteiger partial charge is 0.346 e. The van der Waals surface area contributed by atoms with Gasteiger partial charge in [0.25, 0.3) is 0 Å². The molecule has 0 aliphatic carbocycles. The summed E-state index contributed by atoms with van der Waals surface area (Å²) in [6.45, 7) is 8.48. The summed E-state index contributed by atoms with van der Waals surface area (Å²) in [4.78, 5) is 8.53. The minimum atomic E-state index is 0.410. The first-order valence-electron chi connectivity index (χ1n) is 7.35. The van der Waals surface area contributed by atoms with Crippen LogP contribution in [0.4, 0.5) is 0 Å². The molecule has 0 fully saturated rings. The van der Waals surface area contributed by atoms with Crippen LogP contribution in [0.5, 0.6) is 0 Å². The predicted molar refractivity (Wildman–Crippen MR) is 81.4 cm³/mol. The molecule has 20 heavy (non-hydrogen) atoms. The quantitative estimate of drug-likeness (QED) is 0.842. The average molecular weight is 272 g/mol. The van der Waals surface area contributed by atoms with E-state index in [2.05, 4.69) is 59.1 Å². The summed E-state index contributed by atoms with van der Waals surface area (Å²) in [5, 5.41) is 3.62. The van der Waals surface area contributed by atoms with Gasteiger partial charge >= 0.3 is 0 Å². The SMILES string of the molecule is CCCNC(c1ccn(Cc2ncccn2)c1)C(C)C. The summed E-state index contributed by atoms with van der Waals surface area (Å²) in [6.07, 6.45) is 9.03. The lowest BCUT2D eigenvalue weighted by Crippen LogP contribution is -2.26. The molecule has 0 aliphatic heterocycles. The van der Waals surface area contributed by atoms with Gasteiger partial charge in [0.1, 0.15) is 5.82 Å². The van der Waals surface area contributed by atoms with Gasteiger partial charge < -0.3 is 9.88 Å². The van der Waals surface area contributed by atoms with Crippen LogP contribution in [0, 0.1) is 5.92 Å². The van der Waals surface area contributed by atoms with E-state index in [1.807, 2.05) is 6.07 Å². The van der Waals surface area contributed by atoms with Crippen molar-refractivity contribution in [3.8, 4) is 0 Å². The maximum absolute atomic E-state index is 4.27. The monoisotopic (exact) mass is 272 g/mol. The smallest absolute Gasteiger partial charge is 0.147 e. The molecule has 4 heteroatoms. The van der Waals surface area contributed by atoms with Crippen molar-refractivity contribution in [1.82, 2.24) is 19.9 Å². The normalized spacial score (nSPS) is 12.8. The Morgan fingerprint density at radius 2 is 2.00 bits per heavy atom. The molecule has 0 saturated carbocycles. The molecule has 0 spiro atoms. The average Bonchev–Trinajstić information content (AvgIpc) is 2.88. The first-order chi connectivity index (χ1) is 9.70. The first-order valence-corrected chi connectivity index (χ1v) is 7.35. The van der Waals surface area contributed by atoms with Crippen LogP contribution in [-0.4, -0.2) is 21.1 Å². The van der Waals surface area contributed by atoms with Crippen LogP contribution in [-0.2, 0) is 6.54 Å². The highest BCUT2D eigenvalue weighted by Gasteiger charge is 2.15. The molecule has 0 aliphatic rings. The first kappa shape index (κ1) is 14.7. The molecule has 2 rings (SSSR count). The van der Waals surface area contributed by atoms with Crippen molar-refractivity contribution in [1.29, 1.82) is 0 Å². The van der Waals surface area contributed by atoms with Gasteiger partial charge in [0.15, 0.2) is 0 Å². The van der Waals surface area contributed by atoms with Gasteiger partial charge in [-0.05, 0) is 36.6 Å². The van der Waals surface area contributed by atoms with Crippen LogP contribution in [0.15, 0.2) is 36.9 Å². The number of hydrogen-bond donors (Lipinski definition) is 1. The third-order valence-corrected chi connectivity index (χ3v) is 3.36. The molecule has 1 atom stereocenters. The van der Waals surface area contributed by atoms with Crippen molar-refractivity contribution in [2.24, 2.45) is 5.92 Å². The highest BCUT2D eigenvalue weighted by Crippen LogP contribution is 2.22. The molecular formula is C16H24N4. The van der Waals surface area contributed by atoms with Crippen molar-refractivity contribution in [3.05, 3.63) is 48.3 Å². The van der Waals surface area contributed by atoms with E-state index in [9.17, 15) is 0 Å². The van der Waals surface area contributed by atoms with Gasteiger partial charge in [-0.2, -0.15) is 0 Å². The lowest BCUT2D eigenvalue weighted by Gasteiger charge is -2.21. The van der Waals surface area contributed by atoms with Gasteiger partial charge in [0.2, 0.25) is 0 Å².